The molecule has 2 heterocycles. The summed E-state index contributed by atoms with van der Waals surface area (Å²) in [5, 5.41) is 4.19. The molecule has 0 bridgehead atoms. The topological polar surface area (TPSA) is 135 Å². The fourth-order valence-corrected chi connectivity index (χ4v) is 4.27. The summed E-state index contributed by atoms with van der Waals surface area (Å²) in [6.45, 7) is 7.27. The van der Waals surface area contributed by atoms with Crippen molar-refractivity contribution in [3.05, 3.63) is 48.3 Å². The lowest BCUT2D eigenvalue weighted by Crippen LogP contribution is -2.28. The Bertz CT molecular complexity index is 1260. The molecule has 0 aliphatic carbocycles. The number of esters is 1. The predicted molar refractivity (Wildman–Crippen MR) is 163 cm³/mol. The maximum Gasteiger partial charge on any atom is 0.332 e. The van der Waals surface area contributed by atoms with Gasteiger partial charge in [0.15, 0.2) is 10.3 Å². The number of nitrogens with zero attached hydrogens (tertiary/aromatic N) is 4. The average Bonchev–Trinajstić information content (AvgIpc) is 2.98. The molecule has 0 atom stereocenters. The first kappa shape index (κ1) is 33.4. The van der Waals surface area contributed by atoms with E-state index in [0.29, 0.717) is 60.2 Å². The van der Waals surface area contributed by atoms with Gasteiger partial charge in [0, 0.05) is 35.6 Å². The van der Waals surface area contributed by atoms with Gasteiger partial charge in [-0.05, 0) is 63.6 Å². The monoisotopic (exact) mass is 615 g/mol. The Morgan fingerprint density at radius 1 is 0.786 bits per heavy atom. The standard InChI is InChI=1S/C29H37N5O6S2/c1-29(2,3)40-25(35)19-39-15-14-38-13-12-37-11-10-30-26(36)22-17-20(23-6-8-31-27(33-23)41-4)16-21(18-22)24-7-9-32-28(34-24)42-5/h6-9,16-18H,10-15,19H2,1-5H3,(H,30,36). The van der Waals surface area contributed by atoms with Gasteiger partial charge in [-0.3, -0.25) is 4.79 Å². The minimum absolute atomic E-state index is 0.114. The van der Waals surface area contributed by atoms with Crippen LogP contribution in [0.3, 0.4) is 0 Å². The Morgan fingerprint density at radius 2 is 1.31 bits per heavy atom. The SMILES string of the molecule is CSc1nccc(-c2cc(C(=O)NCCOCCOCCOCC(=O)OC(C)(C)C)cc(-c3ccnc(SC)n3)c2)n1. The number of nitrogens with one attached hydrogen (secondary N) is 1. The molecule has 0 unspecified atom stereocenters. The van der Waals surface area contributed by atoms with Gasteiger partial charge in [-0.15, -0.1) is 0 Å². The number of carbonyl (C=O) groups is 2. The van der Waals surface area contributed by atoms with Gasteiger partial charge in [-0.1, -0.05) is 23.5 Å². The summed E-state index contributed by atoms with van der Waals surface area (Å²) in [4.78, 5) is 42.4. The maximum absolute atomic E-state index is 13.1. The van der Waals surface area contributed by atoms with E-state index in [1.165, 1.54) is 23.5 Å². The third kappa shape index (κ3) is 11.6. The van der Waals surface area contributed by atoms with Crippen LogP contribution in [0.4, 0.5) is 0 Å². The van der Waals surface area contributed by atoms with E-state index in [1.807, 2.05) is 42.8 Å². The van der Waals surface area contributed by atoms with E-state index in [1.54, 1.807) is 33.2 Å². The molecule has 0 saturated carbocycles. The van der Waals surface area contributed by atoms with Gasteiger partial charge >= 0.3 is 5.97 Å². The zero-order valence-electron chi connectivity index (χ0n) is 24.5. The highest BCUT2D eigenvalue weighted by molar-refractivity contribution is 7.98. The minimum Gasteiger partial charge on any atom is -0.458 e. The highest BCUT2D eigenvalue weighted by Gasteiger charge is 2.16. The van der Waals surface area contributed by atoms with E-state index in [9.17, 15) is 9.59 Å². The maximum atomic E-state index is 13.1. The van der Waals surface area contributed by atoms with Crippen LogP contribution in [0.5, 0.6) is 0 Å². The number of aromatic nitrogens is 4. The van der Waals surface area contributed by atoms with Crippen LogP contribution in [-0.4, -0.2) is 96.1 Å². The van der Waals surface area contributed by atoms with Gasteiger partial charge < -0.3 is 24.3 Å². The van der Waals surface area contributed by atoms with Crippen molar-refractivity contribution in [2.24, 2.45) is 0 Å². The van der Waals surface area contributed by atoms with Crippen molar-refractivity contribution in [3.63, 3.8) is 0 Å². The molecule has 1 aromatic carbocycles. The Morgan fingerprint density at radius 3 is 1.83 bits per heavy atom. The van der Waals surface area contributed by atoms with Crippen LogP contribution in [0.25, 0.3) is 22.5 Å². The minimum atomic E-state index is -0.536. The van der Waals surface area contributed by atoms with Crippen molar-refractivity contribution in [1.29, 1.82) is 0 Å². The first-order valence-electron chi connectivity index (χ1n) is 13.3. The zero-order valence-corrected chi connectivity index (χ0v) is 26.2. The van der Waals surface area contributed by atoms with Crippen LogP contribution < -0.4 is 5.32 Å². The van der Waals surface area contributed by atoms with E-state index in [2.05, 4.69) is 25.3 Å². The molecule has 0 aliphatic rings. The predicted octanol–water partition coefficient (Wildman–Crippen LogP) is 4.17. The largest absolute Gasteiger partial charge is 0.458 e. The molecule has 42 heavy (non-hydrogen) atoms. The van der Waals surface area contributed by atoms with E-state index < -0.39 is 11.6 Å². The van der Waals surface area contributed by atoms with Gasteiger partial charge in [-0.2, -0.15) is 0 Å². The van der Waals surface area contributed by atoms with Crippen molar-refractivity contribution in [3.8, 4) is 22.5 Å². The normalized spacial score (nSPS) is 11.4. The third-order valence-corrected chi connectivity index (χ3v) is 6.46. The smallest absolute Gasteiger partial charge is 0.332 e. The second-order valence-electron chi connectivity index (χ2n) is 9.78. The second-order valence-corrected chi connectivity index (χ2v) is 11.3. The van der Waals surface area contributed by atoms with Crippen molar-refractivity contribution in [2.75, 3.05) is 58.7 Å². The molecular weight excluding hydrogens is 578 g/mol. The van der Waals surface area contributed by atoms with Gasteiger partial charge in [0.05, 0.1) is 44.4 Å². The molecule has 11 nitrogen and oxygen atoms in total. The first-order chi connectivity index (χ1) is 20.2. The summed E-state index contributed by atoms with van der Waals surface area (Å²) >= 11 is 2.90. The number of hydrogen-bond acceptors (Lipinski definition) is 12. The molecule has 0 fully saturated rings. The quantitative estimate of drug-likeness (QED) is 0.107. The summed E-state index contributed by atoms with van der Waals surface area (Å²) in [6, 6.07) is 9.21. The van der Waals surface area contributed by atoms with Crippen LogP contribution in [0.1, 0.15) is 31.1 Å². The molecule has 226 valence electrons. The Balaban J connectivity index is 1.48. The third-order valence-electron chi connectivity index (χ3n) is 5.33. The lowest BCUT2D eigenvalue weighted by Gasteiger charge is -2.19. The second kappa shape index (κ2) is 17.1. The number of ether oxygens (including phenoxy) is 4. The fourth-order valence-electron chi connectivity index (χ4n) is 3.56. The first-order valence-corrected chi connectivity index (χ1v) is 15.8. The molecule has 0 saturated heterocycles. The highest BCUT2D eigenvalue weighted by atomic mass is 32.2. The van der Waals surface area contributed by atoms with E-state index >= 15 is 0 Å². The van der Waals surface area contributed by atoms with Crippen LogP contribution in [0.2, 0.25) is 0 Å². The van der Waals surface area contributed by atoms with Gasteiger partial charge in [-0.25, -0.2) is 24.7 Å². The summed E-state index contributed by atoms with van der Waals surface area (Å²) in [7, 11) is 0. The Kier molecular flexibility index (Phi) is 13.6. The number of carbonyl (C=O) groups excluding carboxylic acids is 2. The molecule has 0 spiro atoms. The van der Waals surface area contributed by atoms with Crippen molar-refractivity contribution < 1.29 is 28.5 Å². The molecule has 3 aromatic rings. The van der Waals surface area contributed by atoms with E-state index in [-0.39, 0.29) is 19.1 Å². The van der Waals surface area contributed by atoms with Gasteiger partial charge in [0.2, 0.25) is 0 Å². The molecule has 2 aromatic heterocycles. The highest BCUT2D eigenvalue weighted by Crippen LogP contribution is 2.28. The molecular formula is C29H37N5O6S2. The Labute approximate surface area is 254 Å². The fraction of sp³-hybridized carbons (Fsp3) is 0.448. The molecule has 3 rings (SSSR count). The summed E-state index contributed by atoms with van der Waals surface area (Å²) in [5.74, 6) is -0.647. The zero-order chi connectivity index (χ0) is 30.4. The van der Waals surface area contributed by atoms with Gasteiger partial charge in [0.25, 0.3) is 5.91 Å². The molecule has 13 heteroatoms. The lowest BCUT2D eigenvalue weighted by atomic mass is 10.0. The van der Waals surface area contributed by atoms with E-state index in [0.717, 1.165) is 11.1 Å². The molecule has 1 amide bonds. The molecule has 0 aliphatic heterocycles. The lowest BCUT2D eigenvalue weighted by molar-refractivity contribution is -0.160. The van der Waals surface area contributed by atoms with Gasteiger partial charge in [0.1, 0.15) is 12.2 Å². The summed E-state index contributed by atoms with van der Waals surface area (Å²) in [6.07, 6.45) is 7.23. The van der Waals surface area contributed by atoms with Crippen molar-refractivity contribution in [2.45, 2.75) is 36.7 Å². The Hall–Kier alpha value is -3.10. The number of amides is 1. The van der Waals surface area contributed by atoms with Crippen LogP contribution in [-0.2, 0) is 23.7 Å². The van der Waals surface area contributed by atoms with Crippen molar-refractivity contribution in [1.82, 2.24) is 25.3 Å². The molecule has 0 radical (unpaired) electrons. The number of hydrogen-bond donors (Lipinski definition) is 1. The van der Waals surface area contributed by atoms with E-state index in [4.69, 9.17) is 18.9 Å². The number of thioether (sulfide) groups is 2. The van der Waals surface area contributed by atoms with Crippen LogP contribution >= 0.6 is 23.5 Å². The summed E-state index contributed by atoms with van der Waals surface area (Å²) in [5.41, 5.74) is 2.93. The number of rotatable bonds is 16. The number of benzene rings is 1. The van der Waals surface area contributed by atoms with Crippen molar-refractivity contribution >= 4 is 35.4 Å². The van der Waals surface area contributed by atoms with Crippen LogP contribution in [0, 0.1) is 0 Å². The molecule has 1 N–H and O–H groups in total. The average molecular weight is 616 g/mol. The van der Waals surface area contributed by atoms with Crippen LogP contribution in [0.15, 0.2) is 53.0 Å². The summed E-state index contributed by atoms with van der Waals surface area (Å²) < 4.78 is 21.4.